The molecule has 0 fully saturated rings. The normalized spacial score (nSPS) is 10.5. The van der Waals surface area contributed by atoms with Gasteiger partial charge < -0.3 is 9.88 Å². The second-order valence-electron chi connectivity index (χ2n) is 4.34. The van der Waals surface area contributed by atoms with Crippen molar-refractivity contribution in [2.45, 2.75) is 46.6 Å². The number of carbonyl (C=O) groups is 1. The van der Waals surface area contributed by atoms with Gasteiger partial charge in [0, 0.05) is 31.4 Å². The van der Waals surface area contributed by atoms with Crippen LogP contribution in [-0.2, 0) is 18.4 Å². The average molecular weight is 222 g/mol. The molecule has 0 aromatic carbocycles. The first-order chi connectivity index (χ1) is 7.56. The molecule has 3 nitrogen and oxygen atoms in total. The van der Waals surface area contributed by atoms with Crippen molar-refractivity contribution < 1.29 is 4.79 Å². The van der Waals surface area contributed by atoms with Gasteiger partial charge in [0.15, 0.2) is 0 Å². The van der Waals surface area contributed by atoms with E-state index in [0.717, 1.165) is 12.8 Å². The fraction of sp³-hybridized carbons (Fsp3) is 0.615. The molecule has 1 aromatic heterocycles. The van der Waals surface area contributed by atoms with E-state index in [1.54, 1.807) is 0 Å². The van der Waals surface area contributed by atoms with E-state index in [0.29, 0.717) is 13.0 Å². The summed E-state index contributed by atoms with van der Waals surface area (Å²) in [5, 5.41) is 2.96. The molecule has 0 aliphatic carbocycles. The monoisotopic (exact) mass is 222 g/mol. The molecule has 90 valence electrons. The molecule has 0 saturated heterocycles. The lowest BCUT2D eigenvalue weighted by atomic mass is 10.2. The highest BCUT2D eigenvalue weighted by Gasteiger charge is 2.07. The highest BCUT2D eigenvalue weighted by atomic mass is 16.1. The number of carbonyl (C=O) groups excluding carboxylic acids is 1. The van der Waals surface area contributed by atoms with Crippen molar-refractivity contribution in [3.8, 4) is 0 Å². The molecule has 0 aliphatic rings. The molecule has 1 aromatic rings. The Hall–Kier alpha value is -1.25. The number of nitrogens with zero attached hydrogens (tertiary/aromatic N) is 1. The summed E-state index contributed by atoms with van der Waals surface area (Å²) in [6, 6.07) is 2.13. The topological polar surface area (TPSA) is 34.0 Å². The molecule has 0 aliphatic heterocycles. The molecule has 0 spiro atoms. The van der Waals surface area contributed by atoms with Crippen LogP contribution in [0.25, 0.3) is 0 Å². The Kier molecular flexibility index (Phi) is 4.59. The molecule has 3 heteroatoms. The van der Waals surface area contributed by atoms with E-state index >= 15 is 0 Å². The molecule has 0 bridgehead atoms. The largest absolute Gasteiger partial charge is 0.352 e. The van der Waals surface area contributed by atoms with Gasteiger partial charge in [-0.2, -0.15) is 0 Å². The molecule has 0 radical (unpaired) electrons. The highest BCUT2D eigenvalue weighted by Crippen LogP contribution is 2.12. The number of aromatic nitrogens is 1. The second kappa shape index (κ2) is 5.73. The molecule has 0 unspecified atom stereocenters. The summed E-state index contributed by atoms with van der Waals surface area (Å²) in [5.41, 5.74) is 3.67. The maximum Gasteiger partial charge on any atom is 0.220 e. The summed E-state index contributed by atoms with van der Waals surface area (Å²) in [6.07, 6.45) is 2.68. The summed E-state index contributed by atoms with van der Waals surface area (Å²) >= 11 is 0. The molecule has 1 N–H and O–H groups in total. The van der Waals surface area contributed by atoms with Crippen LogP contribution >= 0.6 is 0 Å². The summed E-state index contributed by atoms with van der Waals surface area (Å²) in [5.74, 6) is 0.155. The fourth-order valence-electron chi connectivity index (χ4n) is 1.73. The van der Waals surface area contributed by atoms with Gasteiger partial charge in [-0.1, -0.05) is 13.3 Å². The minimum Gasteiger partial charge on any atom is -0.352 e. The number of hydrogen-bond acceptors (Lipinski definition) is 1. The van der Waals surface area contributed by atoms with Crippen LogP contribution in [0.4, 0.5) is 0 Å². The number of aryl methyl sites for hydroxylation is 1. The molecular weight excluding hydrogens is 200 g/mol. The van der Waals surface area contributed by atoms with E-state index in [1.807, 2.05) is 7.05 Å². The van der Waals surface area contributed by atoms with Gasteiger partial charge in [0.05, 0.1) is 0 Å². The third-order valence-electron chi connectivity index (χ3n) is 3.11. The first-order valence-electron chi connectivity index (χ1n) is 5.94. The summed E-state index contributed by atoms with van der Waals surface area (Å²) in [6.45, 7) is 6.91. The highest BCUT2D eigenvalue weighted by molar-refractivity contribution is 5.75. The van der Waals surface area contributed by atoms with Crippen LogP contribution in [0, 0.1) is 13.8 Å². The van der Waals surface area contributed by atoms with Crippen LogP contribution in [-0.4, -0.2) is 10.5 Å². The van der Waals surface area contributed by atoms with Crippen molar-refractivity contribution in [2.24, 2.45) is 7.05 Å². The lowest BCUT2D eigenvalue weighted by molar-refractivity contribution is -0.121. The Bertz CT molecular complexity index is 366. The number of nitrogens with one attached hydrogen (secondary N) is 1. The smallest absolute Gasteiger partial charge is 0.220 e. The number of hydrogen-bond donors (Lipinski definition) is 1. The van der Waals surface area contributed by atoms with Crippen LogP contribution in [0.3, 0.4) is 0 Å². The maximum absolute atomic E-state index is 11.5. The standard InChI is InChI=1S/C13H22N2O/c1-5-6-7-13(16)14-9-12-8-10(2)15(4)11(12)3/h8H,5-7,9H2,1-4H3,(H,14,16). The minimum atomic E-state index is 0.155. The summed E-state index contributed by atoms with van der Waals surface area (Å²) in [7, 11) is 2.05. The van der Waals surface area contributed by atoms with Gasteiger partial charge in [0.25, 0.3) is 0 Å². The van der Waals surface area contributed by atoms with Crippen LogP contribution in [0.5, 0.6) is 0 Å². The van der Waals surface area contributed by atoms with Crippen molar-refractivity contribution in [2.75, 3.05) is 0 Å². The van der Waals surface area contributed by atoms with Gasteiger partial charge in [-0.3, -0.25) is 4.79 Å². The lowest BCUT2D eigenvalue weighted by Crippen LogP contribution is -2.22. The van der Waals surface area contributed by atoms with Gasteiger partial charge in [-0.05, 0) is 31.9 Å². The van der Waals surface area contributed by atoms with Crippen molar-refractivity contribution >= 4 is 5.91 Å². The van der Waals surface area contributed by atoms with E-state index in [9.17, 15) is 4.79 Å². The van der Waals surface area contributed by atoms with Crippen molar-refractivity contribution in [3.63, 3.8) is 0 Å². The Balaban J connectivity index is 2.48. The van der Waals surface area contributed by atoms with Gasteiger partial charge in [-0.15, -0.1) is 0 Å². The Labute approximate surface area is 97.8 Å². The summed E-state index contributed by atoms with van der Waals surface area (Å²) < 4.78 is 2.15. The molecular formula is C13H22N2O. The third-order valence-corrected chi connectivity index (χ3v) is 3.11. The van der Waals surface area contributed by atoms with Gasteiger partial charge in [0.1, 0.15) is 0 Å². The minimum absolute atomic E-state index is 0.155. The van der Waals surface area contributed by atoms with Crippen LogP contribution in [0.1, 0.15) is 43.1 Å². The number of amides is 1. The molecule has 1 amide bonds. The van der Waals surface area contributed by atoms with E-state index in [1.165, 1.54) is 17.0 Å². The van der Waals surface area contributed by atoms with E-state index in [2.05, 4.69) is 36.7 Å². The van der Waals surface area contributed by atoms with E-state index < -0.39 is 0 Å². The Morgan fingerprint density at radius 3 is 2.62 bits per heavy atom. The second-order valence-corrected chi connectivity index (χ2v) is 4.34. The van der Waals surface area contributed by atoms with Crippen molar-refractivity contribution in [1.29, 1.82) is 0 Å². The van der Waals surface area contributed by atoms with Gasteiger partial charge in [-0.25, -0.2) is 0 Å². The lowest BCUT2D eigenvalue weighted by Gasteiger charge is -2.05. The predicted octanol–water partition coefficient (Wildman–Crippen LogP) is 2.45. The van der Waals surface area contributed by atoms with Crippen LogP contribution in [0.15, 0.2) is 6.07 Å². The molecule has 16 heavy (non-hydrogen) atoms. The van der Waals surface area contributed by atoms with Crippen molar-refractivity contribution in [3.05, 3.63) is 23.0 Å². The maximum atomic E-state index is 11.5. The van der Waals surface area contributed by atoms with Crippen molar-refractivity contribution in [1.82, 2.24) is 9.88 Å². The van der Waals surface area contributed by atoms with Crippen LogP contribution < -0.4 is 5.32 Å². The zero-order valence-electron chi connectivity index (χ0n) is 10.8. The van der Waals surface area contributed by atoms with E-state index in [4.69, 9.17) is 0 Å². The quantitative estimate of drug-likeness (QED) is 0.815. The molecule has 1 heterocycles. The Morgan fingerprint density at radius 2 is 2.12 bits per heavy atom. The fourth-order valence-corrected chi connectivity index (χ4v) is 1.73. The predicted molar refractivity (Wildman–Crippen MR) is 66.3 cm³/mol. The first-order valence-corrected chi connectivity index (χ1v) is 5.94. The molecule has 1 rings (SSSR count). The first kappa shape index (κ1) is 12.8. The average Bonchev–Trinajstić information content (AvgIpc) is 2.51. The number of unbranched alkanes of at least 4 members (excludes halogenated alkanes) is 1. The van der Waals surface area contributed by atoms with Crippen LogP contribution in [0.2, 0.25) is 0 Å². The zero-order valence-corrected chi connectivity index (χ0v) is 10.8. The van der Waals surface area contributed by atoms with Gasteiger partial charge >= 0.3 is 0 Å². The Morgan fingerprint density at radius 1 is 1.44 bits per heavy atom. The summed E-state index contributed by atoms with van der Waals surface area (Å²) in [4.78, 5) is 11.5. The molecule has 0 atom stereocenters. The third kappa shape index (κ3) is 3.12. The molecule has 0 saturated carbocycles. The van der Waals surface area contributed by atoms with Gasteiger partial charge in [0.2, 0.25) is 5.91 Å². The number of rotatable bonds is 5. The van der Waals surface area contributed by atoms with E-state index in [-0.39, 0.29) is 5.91 Å². The zero-order chi connectivity index (χ0) is 12.1. The SMILES string of the molecule is CCCCC(=O)NCc1cc(C)n(C)c1C.